The summed E-state index contributed by atoms with van der Waals surface area (Å²) in [5.41, 5.74) is 3.01. The summed E-state index contributed by atoms with van der Waals surface area (Å²) in [5.74, 6) is 0.856. The van der Waals surface area contributed by atoms with E-state index in [2.05, 4.69) is 35.0 Å². The molecule has 2 aliphatic rings. The summed E-state index contributed by atoms with van der Waals surface area (Å²) in [6.45, 7) is 6.30. The van der Waals surface area contributed by atoms with Gasteiger partial charge < -0.3 is 4.90 Å². The number of aromatic nitrogens is 3. The zero-order valence-corrected chi connectivity index (χ0v) is 20.5. The lowest BCUT2D eigenvalue weighted by atomic mass is 10.1. The number of benzene rings is 2. The van der Waals surface area contributed by atoms with Gasteiger partial charge in [0.1, 0.15) is 5.82 Å². The molecule has 0 radical (unpaired) electrons. The molecular weight excluding hydrogens is 449 g/mol. The molecule has 34 heavy (non-hydrogen) atoms. The van der Waals surface area contributed by atoms with Crippen LogP contribution in [-0.2, 0) is 11.2 Å². The maximum atomic E-state index is 13.7. The van der Waals surface area contributed by atoms with Crippen molar-refractivity contribution in [3.8, 4) is 5.69 Å². The van der Waals surface area contributed by atoms with Gasteiger partial charge in [0, 0.05) is 17.4 Å². The lowest BCUT2D eigenvalue weighted by molar-refractivity contribution is -0.116. The van der Waals surface area contributed by atoms with Crippen molar-refractivity contribution in [1.29, 1.82) is 0 Å². The van der Waals surface area contributed by atoms with Crippen molar-refractivity contribution in [3.05, 3.63) is 65.7 Å². The fourth-order valence-electron chi connectivity index (χ4n) is 5.09. The van der Waals surface area contributed by atoms with E-state index in [-0.39, 0.29) is 29.6 Å². The van der Waals surface area contributed by atoms with Crippen molar-refractivity contribution < 1.29 is 9.18 Å². The predicted octanol–water partition coefficient (Wildman–Crippen LogP) is 5.02. The molecule has 2 aliphatic heterocycles. The van der Waals surface area contributed by atoms with Crippen LogP contribution in [0.4, 0.5) is 10.1 Å². The van der Waals surface area contributed by atoms with Crippen molar-refractivity contribution in [3.63, 3.8) is 0 Å². The molecule has 2 atom stereocenters. The summed E-state index contributed by atoms with van der Waals surface area (Å²) in [6.07, 6.45) is 4.49. The number of piperidine rings is 1. The smallest absolute Gasteiger partial charge is 0.237 e. The topological polar surface area (TPSA) is 54.3 Å². The molecule has 1 saturated heterocycles. The van der Waals surface area contributed by atoms with E-state index in [4.69, 9.17) is 0 Å². The molecule has 2 aromatic carbocycles. The van der Waals surface area contributed by atoms with Gasteiger partial charge in [-0.25, -0.2) is 4.39 Å². The van der Waals surface area contributed by atoms with Gasteiger partial charge in [-0.05, 0) is 82.1 Å². The number of likely N-dealkylation sites (tertiary alicyclic amines) is 1. The van der Waals surface area contributed by atoms with E-state index >= 15 is 0 Å². The van der Waals surface area contributed by atoms with E-state index < -0.39 is 0 Å². The number of para-hydroxylation sites is 1. The van der Waals surface area contributed by atoms with E-state index in [0.29, 0.717) is 5.16 Å². The third-order valence-electron chi connectivity index (χ3n) is 6.86. The van der Waals surface area contributed by atoms with Gasteiger partial charge in [0.2, 0.25) is 5.91 Å². The minimum atomic E-state index is -0.284. The quantitative estimate of drug-likeness (QED) is 0.465. The molecule has 0 spiro atoms. The predicted molar refractivity (Wildman–Crippen MR) is 133 cm³/mol. The number of nitrogens with zero attached hydrogens (tertiary/aromatic N) is 5. The molecule has 0 aliphatic carbocycles. The number of amides is 1. The molecule has 0 saturated carbocycles. The van der Waals surface area contributed by atoms with Crippen LogP contribution in [0.2, 0.25) is 0 Å². The monoisotopic (exact) mass is 479 g/mol. The summed E-state index contributed by atoms with van der Waals surface area (Å²) in [5, 5.41) is 9.68. The number of fused-ring (bicyclic) bond motifs is 1. The summed E-state index contributed by atoms with van der Waals surface area (Å²) in [6, 6.07) is 14.7. The van der Waals surface area contributed by atoms with E-state index in [1.54, 1.807) is 12.1 Å². The second-order valence-electron chi connectivity index (χ2n) is 9.16. The molecule has 3 heterocycles. The number of carbonyl (C=O) groups is 1. The molecule has 0 N–H and O–H groups in total. The van der Waals surface area contributed by atoms with Gasteiger partial charge in [0.25, 0.3) is 0 Å². The number of anilines is 1. The average molecular weight is 480 g/mol. The fraction of sp³-hybridized carbons (Fsp3) is 0.423. The first-order valence-corrected chi connectivity index (χ1v) is 13.0. The van der Waals surface area contributed by atoms with Gasteiger partial charge in [-0.15, -0.1) is 10.2 Å². The number of rotatable bonds is 6. The Morgan fingerprint density at radius 3 is 2.59 bits per heavy atom. The Kier molecular flexibility index (Phi) is 6.70. The summed E-state index contributed by atoms with van der Waals surface area (Å²) < 4.78 is 15.6. The Morgan fingerprint density at radius 1 is 1.09 bits per heavy atom. The summed E-state index contributed by atoms with van der Waals surface area (Å²) in [4.78, 5) is 17.6. The first-order valence-electron chi connectivity index (χ1n) is 12.0. The molecule has 1 fully saturated rings. The Morgan fingerprint density at radius 2 is 1.82 bits per heavy atom. The SMILES string of the molecule is CC(c1nnc(SCC(=O)N2c3ccccc3CC2C)n1-c1ccc(F)cc1)N1CCCCC1. The van der Waals surface area contributed by atoms with E-state index in [1.807, 2.05) is 27.7 Å². The highest BCUT2D eigenvalue weighted by Crippen LogP contribution is 2.34. The van der Waals surface area contributed by atoms with E-state index in [1.165, 1.54) is 48.7 Å². The van der Waals surface area contributed by atoms with Gasteiger partial charge in [0.15, 0.2) is 11.0 Å². The first kappa shape index (κ1) is 23.1. The Hall–Kier alpha value is -2.71. The fourth-order valence-corrected chi connectivity index (χ4v) is 5.91. The molecular formula is C26H30FN5OS. The maximum absolute atomic E-state index is 13.7. The highest BCUT2D eigenvalue weighted by Gasteiger charge is 2.31. The van der Waals surface area contributed by atoms with Crippen LogP contribution in [0, 0.1) is 5.82 Å². The molecule has 178 valence electrons. The second kappa shape index (κ2) is 9.88. The maximum Gasteiger partial charge on any atom is 0.237 e. The second-order valence-corrected chi connectivity index (χ2v) is 10.1. The van der Waals surface area contributed by atoms with Gasteiger partial charge >= 0.3 is 0 Å². The number of carbonyl (C=O) groups excluding carboxylic acids is 1. The average Bonchev–Trinajstić information content (AvgIpc) is 3.43. The van der Waals surface area contributed by atoms with E-state index in [0.717, 1.165) is 36.7 Å². The van der Waals surface area contributed by atoms with Crippen molar-refractivity contribution in [2.45, 2.75) is 56.8 Å². The van der Waals surface area contributed by atoms with Crippen LogP contribution < -0.4 is 4.90 Å². The zero-order valence-electron chi connectivity index (χ0n) is 19.7. The minimum Gasteiger partial charge on any atom is -0.308 e. The number of hydrogen-bond acceptors (Lipinski definition) is 5. The van der Waals surface area contributed by atoms with Crippen LogP contribution in [0.3, 0.4) is 0 Å². The minimum absolute atomic E-state index is 0.0572. The lowest BCUT2D eigenvalue weighted by Gasteiger charge is -2.31. The molecule has 2 unspecified atom stereocenters. The van der Waals surface area contributed by atoms with Crippen molar-refractivity contribution in [1.82, 2.24) is 19.7 Å². The normalized spacial score (nSPS) is 19.3. The molecule has 1 amide bonds. The van der Waals surface area contributed by atoms with Gasteiger partial charge in [0.05, 0.1) is 11.8 Å². The first-order chi connectivity index (χ1) is 16.5. The van der Waals surface area contributed by atoms with Crippen LogP contribution in [0.25, 0.3) is 5.69 Å². The third kappa shape index (κ3) is 4.49. The highest BCUT2D eigenvalue weighted by atomic mass is 32.2. The number of hydrogen-bond donors (Lipinski definition) is 0. The zero-order chi connectivity index (χ0) is 23.7. The molecule has 8 heteroatoms. The van der Waals surface area contributed by atoms with Crippen molar-refractivity contribution in [2.75, 3.05) is 23.7 Å². The van der Waals surface area contributed by atoms with Crippen LogP contribution >= 0.6 is 11.8 Å². The Balaban J connectivity index is 1.40. The van der Waals surface area contributed by atoms with Crippen molar-refractivity contribution in [2.24, 2.45) is 0 Å². The molecule has 3 aromatic rings. The third-order valence-corrected chi connectivity index (χ3v) is 7.77. The van der Waals surface area contributed by atoms with Crippen LogP contribution in [0.1, 0.15) is 50.5 Å². The van der Waals surface area contributed by atoms with E-state index in [9.17, 15) is 9.18 Å². The number of halogens is 1. The van der Waals surface area contributed by atoms with Crippen LogP contribution in [0.15, 0.2) is 53.7 Å². The van der Waals surface area contributed by atoms with Gasteiger partial charge in [-0.2, -0.15) is 0 Å². The largest absolute Gasteiger partial charge is 0.308 e. The van der Waals surface area contributed by atoms with Crippen LogP contribution in [0.5, 0.6) is 0 Å². The Labute approximate surface area is 204 Å². The molecule has 6 nitrogen and oxygen atoms in total. The molecule has 1 aromatic heterocycles. The summed E-state index contributed by atoms with van der Waals surface area (Å²) in [7, 11) is 0. The Bertz CT molecular complexity index is 1160. The standard InChI is InChI=1S/C26H30FN5OS/c1-18-16-20-8-4-5-9-23(20)31(18)24(33)17-34-26-29-28-25(19(2)30-14-6-3-7-15-30)32(26)22-12-10-21(27)11-13-22/h4-5,8-13,18-19H,3,6-7,14-17H2,1-2H3. The van der Waals surface area contributed by atoms with Crippen LogP contribution in [-0.4, -0.2) is 50.5 Å². The summed E-state index contributed by atoms with van der Waals surface area (Å²) >= 11 is 1.39. The van der Waals surface area contributed by atoms with Gasteiger partial charge in [-0.1, -0.05) is 36.4 Å². The number of thioether (sulfide) groups is 1. The molecule has 5 rings (SSSR count). The molecule has 0 bridgehead atoms. The van der Waals surface area contributed by atoms with Gasteiger partial charge in [-0.3, -0.25) is 14.3 Å². The van der Waals surface area contributed by atoms with Crippen molar-refractivity contribution >= 4 is 23.4 Å². The highest BCUT2D eigenvalue weighted by molar-refractivity contribution is 7.99. The lowest BCUT2D eigenvalue weighted by Crippen LogP contribution is -2.37.